The molecule has 0 amide bonds. The molecular formula is C12H12O6. The van der Waals surface area contributed by atoms with Crippen molar-refractivity contribution in [2.75, 3.05) is 6.79 Å². The molecule has 0 saturated carbocycles. The summed E-state index contributed by atoms with van der Waals surface area (Å²) in [6, 6.07) is 4.82. The van der Waals surface area contributed by atoms with Crippen LogP contribution in [0.5, 0.6) is 17.2 Å². The number of fused-ring (bicyclic) bond motifs is 1. The third kappa shape index (κ3) is 3.13. The molecule has 1 aromatic carbocycles. The summed E-state index contributed by atoms with van der Waals surface area (Å²) in [6.45, 7) is 0.158. The Kier molecular flexibility index (Phi) is 3.66. The highest BCUT2D eigenvalue weighted by Crippen LogP contribution is 2.35. The fraction of sp³-hybridized carbons (Fsp3) is 0.333. The van der Waals surface area contributed by atoms with Gasteiger partial charge in [-0.1, -0.05) is 0 Å². The van der Waals surface area contributed by atoms with Gasteiger partial charge in [-0.2, -0.15) is 0 Å². The van der Waals surface area contributed by atoms with Crippen LogP contribution in [0.1, 0.15) is 19.3 Å². The zero-order valence-corrected chi connectivity index (χ0v) is 9.55. The van der Waals surface area contributed by atoms with Crippen LogP contribution in [0.25, 0.3) is 0 Å². The van der Waals surface area contributed by atoms with Crippen molar-refractivity contribution in [3.05, 3.63) is 18.2 Å². The van der Waals surface area contributed by atoms with E-state index in [1.807, 2.05) is 0 Å². The molecule has 0 bridgehead atoms. The fourth-order valence-electron chi connectivity index (χ4n) is 1.51. The summed E-state index contributed by atoms with van der Waals surface area (Å²) in [5, 5.41) is 8.44. The summed E-state index contributed by atoms with van der Waals surface area (Å²) in [4.78, 5) is 21.7. The normalized spacial score (nSPS) is 12.2. The summed E-state index contributed by atoms with van der Waals surface area (Å²) >= 11 is 0. The van der Waals surface area contributed by atoms with Crippen LogP contribution >= 0.6 is 0 Å². The third-order valence-electron chi connectivity index (χ3n) is 2.35. The van der Waals surface area contributed by atoms with Crippen molar-refractivity contribution in [1.82, 2.24) is 0 Å². The Morgan fingerprint density at radius 3 is 2.78 bits per heavy atom. The molecule has 0 atom stereocenters. The Labute approximate surface area is 103 Å². The first-order chi connectivity index (χ1) is 8.65. The molecule has 0 radical (unpaired) electrons. The van der Waals surface area contributed by atoms with Gasteiger partial charge < -0.3 is 19.3 Å². The van der Waals surface area contributed by atoms with Crippen LogP contribution in [0.4, 0.5) is 0 Å². The van der Waals surface area contributed by atoms with E-state index >= 15 is 0 Å². The Hall–Kier alpha value is -2.24. The van der Waals surface area contributed by atoms with Crippen LogP contribution in [0.2, 0.25) is 0 Å². The van der Waals surface area contributed by atoms with Gasteiger partial charge in [-0.15, -0.1) is 0 Å². The van der Waals surface area contributed by atoms with E-state index in [9.17, 15) is 9.59 Å². The average Bonchev–Trinajstić information content (AvgIpc) is 2.75. The van der Waals surface area contributed by atoms with Crippen molar-refractivity contribution in [3.8, 4) is 17.2 Å². The average molecular weight is 252 g/mol. The minimum atomic E-state index is -0.925. The fourth-order valence-corrected chi connectivity index (χ4v) is 1.51. The second-order valence-corrected chi connectivity index (χ2v) is 3.74. The van der Waals surface area contributed by atoms with E-state index in [-0.39, 0.29) is 26.1 Å². The maximum atomic E-state index is 11.4. The van der Waals surface area contributed by atoms with Gasteiger partial charge in [0, 0.05) is 18.9 Å². The van der Waals surface area contributed by atoms with Gasteiger partial charge in [-0.3, -0.25) is 9.59 Å². The van der Waals surface area contributed by atoms with E-state index in [1.54, 1.807) is 18.2 Å². The summed E-state index contributed by atoms with van der Waals surface area (Å²) in [6.07, 6.45) is 0.287. The number of carboxylic acids is 1. The lowest BCUT2D eigenvalue weighted by atomic mass is 10.2. The summed E-state index contributed by atoms with van der Waals surface area (Å²) in [5.74, 6) is 0.118. The van der Waals surface area contributed by atoms with Crippen molar-refractivity contribution in [2.45, 2.75) is 19.3 Å². The highest BCUT2D eigenvalue weighted by Gasteiger charge is 2.15. The van der Waals surface area contributed by atoms with Crippen molar-refractivity contribution in [3.63, 3.8) is 0 Å². The molecule has 1 aliphatic heterocycles. The molecule has 0 unspecified atom stereocenters. The number of benzene rings is 1. The number of hydrogen-bond donors (Lipinski definition) is 1. The van der Waals surface area contributed by atoms with Crippen molar-refractivity contribution in [1.29, 1.82) is 0 Å². The Bertz CT molecular complexity index is 468. The lowest BCUT2D eigenvalue weighted by Gasteiger charge is -2.04. The van der Waals surface area contributed by atoms with Crippen molar-refractivity contribution in [2.24, 2.45) is 0 Å². The minimum absolute atomic E-state index is 0.0454. The zero-order chi connectivity index (χ0) is 13.0. The van der Waals surface area contributed by atoms with E-state index in [2.05, 4.69) is 0 Å². The third-order valence-corrected chi connectivity index (χ3v) is 2.35. The maximum Gasteiger partial charge on any atom is 0.311 e. The molecule has 1 aliphatic rings. The van der Waals surface area contributed by atoms with E-state index in [1.165, 1.54) is 0 Å². The summed E-state index contributed by atoms with van der Waals surface area (Å²) in [7, 11) is 0. The first-order valence-corrected chi connectivity index (χ1v) is 5.47. The molecule has 0 spiro atoms. The Morgan fingerprint density at radius 1 is 1.22 bits per heavy atom. The van der Waals surface area contributed by atoms with Gasteiger partial charge >= 0.3 is 11.9 Å². The first-order valence-electron chi connectivity index (χ1n) is 5.47. The van der Waals surface area contributed by atoms with Crippen LogP contribution in [0.3, 0.4) is 0 Å². The SMILES string of the molecule is O=C(O)CCCC(=O)Oc1ccc2c(c1)OCO2. The number of ether oxygens (including phenoxy) is 3. The second kappa shape index (κ2) is 5.39. The molecule has 1 aromatic rings. The number of hydrogen-bond acceptors (Lipinski definition) is 5. The van der Waals surface area contributed by atoms with Gasteiger partial charge in [0.1, 0.15) is 5.75 Å². The molecule has 0 fully saturated rings. The van der Waals surface area contributed by atoms with E-state index < -0.39 is 11.9 Å². The molecule has 6 nitrogen and oxygen atoms in total. The van der Waals surface area contributed by atoms with Crippen LogP contribution in [0.15, 0.2) is 18.2 Å². The topological polar surface area (TPSA) is 82.1 Å². The van der Waals surface area contributed by atoms with E-state index in [0.29, 0.717) is 17.2 Å². The molecule has 1 heterocycles. The first kappa shape index (κ1) is 12.2. The maximum absolute atomic E-state index is 11.4. The van der Waals surface area contributed by atoms with Gasteiger partial charge in [0.25, 0.3) is 0 Å². The van der Waals surface area contributed by atoms with Gasteiger partial charge in [0.15, 0.2) is 11.5 Å². The van der Waals surface area contributed by atoms with Gasteiger partial charge in [0.2, 0.25) is 6.79 Å². The quantitative estimate of drug-likeness (QED) is 0.632. The monoisotopic (exact) mass is 252 g/mol. The molecule has 1 N–H and O–H groups in total. The van der Waals surface area contributed by atoms with Gasteiger partial charge in [0.05, 0.1) is 0 Å². The lowest BCUT2D eigenvalue weighted by molar-refractivity contribution is -0.137. The molecular weight excluding hydrogens is 240 g/mol. The van der Waals surface area contributed by atoms with Crippen molar-refractivity contribution < 1.29 is 28.9 Å². The van der Waals surface area contributed by atoms with Crippen LogP contribution < -0.4 is 14.2 Å². The largest absolute Gasteiger partial charge is 0.481 e. The predicted octanol–water partition coefficient (Wildman–Crippen LogP) is 1.58. The second-order valence-electron chi connectivity index (χ2n) is 3.74. The molecule has 6 heteroatoms. The summed E-state index contributed by atoms with van der Waals surface area (Å²) in [5.41, 5.74) is 0. The molecule has 0 saturated heterocycles. The van der Waals surface area contributed by atoms with Crippen molar-refractivity contribution >= 4 is 11.9 Å². The zero-order valence-electron chi connectivity index (χ0n) is 9.55. The number of aliphatic carboxylic acids is 1. The molecule has 2 rings (SSSR count). The minimum Gasteiger partial charge on any atom is -0.481 e. The van der Waals surface area contributed by atoms with E-state index in [4.69, 9.17) is 19.3 Å². The predicted molar refractivity (Wildman–Crippen MR) is 59.7 cm³/mol. The van der Waals surface area contributed by atoms with E-state index in [0.717, 1.165) is 0 Å². The number of carbonyl (C=O) groups excluding carboxylic acids is 1. The standard InChI is InChI=1S/C12H12O6/c13-11(14)2-1-3-12(15)18-8-4-5-9-10(6-8)17-7-16-9/h4-6H,1-3,7H2,(H,13,14). The highest BCUT2D eigenvalue weighted by atomic mass is 16.7. The lowest BCUT2D eigenvalue weighted by Crippen LogP contribution is -2.08. The number of rotatable bonds is 5. The number of carbonyl (C=O) groups is 2. The van der Waals surface area contributed by atoms with Crippen LogP contribution in [-0.4, -0.2) is 23.8 Å². The number of carboxylic acid groups (broad SMARTS) is 1. The number of esters is 1. The van der Waals surface area contributed by atoms with Crippen LogP contribution in [0, 0.1) is 0 Å². The Morgan fingerprint density at radius 2 is 2.00 bits per heavy atom. The summed E-state index contributed by atoms with van der Waals surface area (Å²) < 4.78 is 15.3. The van der Waals surface area contributed by atoms with Gasteiger partial charge in [-0.05, 0) is 18.6 Å². The highest BCUT2D eigenvalue weighted by molar-refractivity contribution is 5.74. The molecule has 96 valence electrons. The van der Waals surface area contributed by atoms with Crippen LogP contribution in [-0.2, 0) is 9.59 Å². The molecule has 0 aliphatic carbocycles. The molecule has 18 heavy (non-hydrogen) atoms. The van der Waals surface area contributed by atoms with Gasteiger partial charge in [-0.25, -0.2) is 0 Å². The Balaban J connectivity index is 1.85. The smallest absolute Gasteiger partial charge is 0.311 e. The molecule has 0 aromatic heterocycles.